The molecule has 5 aromatic rings. The number of ether oxygens (including phenoxy) is 5. The minimum Gasteiger partial charge on any atom is -0.488 e. The fourth-order valence-corrected chi connectivity index (χ4v) is 6.16. The van der Waals surface area contributed by atoms with E-state index < -0.39 is 17.7 Å². The van der Waals surface area contributed by atoms with Crippen molar-refractivity contribution in [1.29, 1.82) is 0 Å². The van der Waals surface area contributed by atoms with Gasteiger partial charge in [0.05, 0.1) is 26.9 Å². The summed E-state index contributed by atoms with van der Waals surface area (Å²) in [6.45, 7) is 13.0. The number of hydrogen-bond donors (Lipinski definition) is 0. The van der Waals surface area contributed by atoms with Gasteiger partial charge in [0.1, 0.15) is 36.0 Å². The summed E-state index contributed by atoms with van der Waals surface area (Å²) in [6.07, 6.45) is -0.697. The number of esters is 1. The maximum absolute atomic E-state index is 14.3. The van der Waals surface area contributed by atoms with E-state index in [1.165, 1.54) is 16.7 Å². The maximum Gasteiger partial charge on any atom is 0.416 e. The highest BCUT2D eigenvalue weighted by Crippen LogP contribution is 2.39. The van der Waals surface area contributed by atoms with Crippen LogP contribution in [0.15, 0.2) is 97.1 Å². The van der Waals surface area contributed by atoms with Crippen molar-refractivity contribution in [1.82, 2.24) is 15.0 Å². The smallest absolute Gasteiger partial charge is 0.416 e. The number of carbonyl (C=O) groups is 2. The number of nitrogens with zero attached hydrogens (tertiary/aromatic N) is 5. The van der Waals surface area contributed by atoms with E-state index in [0.717, 1.165) is 41.0 Å². The zero-order valence-electron chi connectivity index (χ0n) is 32.4. The Morgan fingerprint density at radius 1 is 0.818 bits per heavy atom. The summed E-state index contributed by atoms with van der Waals surface area (Å²) in [4.78, 5) is 31.3. The first kappa shape index (κ1) is 38.8. The quantitative estimate of drug-likeness (QED) is 0.109. The molecule has 4 aromatic carbocycles. The van der Waals surface area contributed by atoms with Crippen LogP contribution in [0, 0.1) is 0 Å². The number of amides is 1. The molecule has 1 saturated heterocycles. The Morgan fingerprint density at radius 2 is 1.42 bits per heavy atom. The largest absolute Gasteiger partial charge is 0.488 e. The van der Waals surface area contributed by atoms with Gasteiger partial charge in [-0.1, -0.05) is 91.9 Å². The van der Waals surface area contributed by atoms with Gasteiger partial charge in [0, 0.05) is 24.8 Å². The van der Waals surface area contributed by atoms with Gasteiger partial charge in [-0.2, -0.15) is 4.68 Å². The minimum atomic E-state index is -0.855. The van der Waals surface area contributed by atoms with E-state index in [1.807, 2.05) is 97.1 Å². The molecule has 55 heavy (non-hydrogen) atoms. The summed E-state index contributed by atoms with van der Waals surface area (Å²) in [6, 6.07) is 31.4. The van der Waals surface area contributed by atoms with Crippen molar-refractivity contribution in [3.8, 4) is 17.2 Å². The lowest BCUT2D eigenvalue weighted by Gasteiger charge is -2.30. The van der Waals surface area contributed by atoms with Gasteiger partial charge in [-0.3, -0.25) is 4.90 Å². The predicted octanol–water partition coefficient (Wildman–Crippen LogP) is 8.11. The molecule has 0 saturated carbocycles. The Balaban J connectivity index is 1.48. The number of benzene rings is 4. The molecule has 288 valence electrons. The van der Waals surface area contributed by atoms with Crippen molar-refractivity contribution in [2.24, 2.45) is 0 Å². The number of carbonyl (C=O) groups excluding carboxylic acids is 2. The van der Waals surface area contributed by atoms with Crippen LogP contribution in [0.25, 0.3) is 5.69 Å². The first-order valence-electron chi connectivity index (χ1n) is 18.5. The minimum absolute atomic E-state index is 0.00619. The highest BCUT2D eigenvalue weighted by Gasteiger charge is 2.34. The molecule has 0 bridgehead atoms. The Labute approximate surface area is 322 Å². The van der Waals surface area contributed by atoms with Crippen LogP contribution in [0.1, 0.15) is 73.3 Å². The van der Waals surface area contributed by atoms with Crippen LogP contribution in [0.5, 0.6) is 11.5 Å². The molecular weight excluding hydrogens is 699 g/mol. The predicted molar refractivity (Wildman–Crippen MR) is 210 cm³/mol. The highest BCUT2D eigenvalue weighted by atomic mass is 16.6. The summed E-state index contributed by atoms with van der Waals surface area (Å²) in [5, 5.41) is 8.78. The first-order valence-corrected chi connectivity index (χ1v) is 18.5. The number of aromatic nitrogens is 3. The van der Waals surface area contributed by atoms with Gasteiger partial charge in [-0.05, 0) is 67.1 Å². The molecule has 0 aliphatic carbocycles. The second kappa shape index (κ2) is 17.5. The molecule has 12 nitrogen and oxygen atoms in total. The van der Waals surface area contributed by atoms with Gasteiger partial charge in [0.25, 0.3) is 0 Å². The van der Waals surface area contributed by atoms with Crippen LogP contribution < -0.4 is 19.3 Å². The molecule has 2 heterocycles. The fourth-order valence-electron chi connectivity index (χ4n) is 6.16. The number of methoxy groups -OCH3 is 1. The zero-order valence-corrected chi connectivity index (χ0v) is 32.4. The zero-order chi connectivity index (χ0) is 39.0. The van der Waals surface area contributed by atoms with Gasteiger partial charge in [0.2, 0.25) is 5.69 Å². The van der Waals surface area contributed by atoms with Gasteiger partial charge in [-0.25, -0.2) is 9.59 Å². The SMILES string of the molecule is COC(=O)c1nnn(-c2cc(C(C)C)c(OCc3ccccc3)cc2OCc2ccccc2)c1N(Cc1ccc(N2CCOCC2)cc1)C(=O)OC(C)(C)C. The molecule has 1 fully saturated rings. The lowest BCUT2D eigenvalue weighted by molar-refractivity contribution is 0.0573. The van der Waals surface area contributed by atoms with E-state index in [4.69, 9.17) is 23.7 Å². The second-order valence-electron chi connectivity index (χ2n) is 14.6. The van der Waals surface area contributed by atoms with Crippen molar-refractivity contribution < 1.29 is 33.3 Å². The van der Waals surface area contributed by atoms with Gasteiger partial charge in [-0.15, -0.1) is 5.10 Å². The fraction of sp³-hybridized carbons (Fsp3) is 0.349. The Bertz CT molecular complexity index is 2040. The van der Waals surface area contributed by atoms with Crippen LogP contribution in [-0.2, 0) is 34.0 Å². The first-order chi connectivity index (χ1) is 26.5. The Hall–Kier alpha value is -5.88. The van der Waals surface area contributed by atoms with Crippen molar-refractivity contribution >= 4 is 23.6 Å². The van der Waals surface area contributed by atoms with Crippen molar-refractivity contribution in [2.75, 3.05) is 43.2 Å². The molecule has 1 amide bonds. The second-order valence-corrected chi connectivity index (χ2v) is 14.6. The maximum atomic E-state index is 14.3. The van der Waals surface area contributed by atoms with E-state index in [1.54, 1.807) is 20.8 Å². The molecule has 6 rings (SSSR count). The third-order valence-electron chi connectivity index (χ3n) is 8.96. The topological polar surface area (TPSA) is 117 Å². The molecule has 1 aliphatic heterocycles. The van der Waals surface area contributed by atoms with Crippen LogP contribution in [0.4, 0.5) is 16.3 Å². The van der Waals surface area contributed by atoms with E-state index >= 15 is 0 Å². The van der Waals surface area contributed by atoms with Gasteiger partial charge < -0.3 is 28.6 Å². The summed E-state index contributed by atoms with van der Waals surface area (Å²) in [5.74, 6) is 0.334. The summed E-state index contributed by atoms with van der Waals surface area (Å²) >= 11 is 0. The molecule has 1 aromatic heterocycles. The van der Waals surface area contributed by atoms with Crippen molar-refractivity contribution in [3.63, 3.8) is 0 Å². The Kier molecular flexibility index (Phi) is 12.4. The van der Waals surface area contributed by atoms with Gasteiger partial charge in [0.15, 0.2) is 5.82 Å². The van der Waals surface area contributed by atoms with E-state index in [9.17, 15) is 9.59 Å². The number of hydrogen-bond acceptors (Lipinski definition) is 10. The number of morpholine rings is 1. The standard InChI is InChI=1S/C43H49N5O7/c1-30(2)35-25-36(38(54-29-33-15-11-8-12-16-33)26-37(35)53-28-32-13-9-7-10-14-32)48-40(39(44-45-48)41(49)51-6)47(42(50)55-43(3,4)5)27-31-17-19-34(20-18-31)46-21-23-52-24-22-46/h7-20,25-26,30H,21-24,27-29H2,1-6H3. The molecule has 0 radical (unpaired) electrons. The summed E-state index contributed by atoms with van der Waals surface area (Å²) < 4.78 is 31.1. The third kappa shape index (κ3) is 9.81. The molecule has 0 spiro atoms. The van der Waals surface area contributed by atoms with E-state index in [-0.39, 0.29) is 30.6 Å². The molecule has 12 heteroatoms. The molecular formula is C43H49N5O7. The highest BCUT2D eigenvalue weighted by molar-refractivity contribution is 5.98. The van der Waals surface area contributed by atoms with Gasteiger partial charge >= 0.3 is 12.1 Å². The number of rotatable bonds is 13. The molecule has 0 unspecified atom stereocenters. The van der Waals surface area contributed by atoms with Crippen molar-refractivity contribution in [3.05, 3.63) is 125 Å². The van der Waals surface area contributed by atoms with Crippen LogP contribution in [0.3, 0.4) is 0 Å². The summed E-state index contributed by atoms with van der Waals surface area (Å²) in [5.41, 5.74) is 4.09. The lowest BCUT2D eigenvalue weighted by Crippen LogP contribution is -2.38. The Morgan fingerprint density at radius 3 is 1.98 bits per heavy atom. The van der Waals surface area contributed by atoms with E-state index in [0.29, 0.717) is 37.0 Å². The van der Waals surface area contributed by atoms with Crippen LogP contribution >= 0.6 is 0 Å². The normalized spacial score (nSPS) is 13.0. The number of anilines is 2. The third-order valence-corrected chi connectivity index (χ3v) is 8.96. The average molecular weight is 748 g/mol. The summed E-state index contributed by atoms with van der Waals surface area (Å²) in [7, 11) is 1.26. The van der Waals surface area contributed by atoms with Crippen molar-refractivity contribution in [2.45, 2.75) is 65.9 Å². The van der Waals surface area contributed by atoms with E-state index in [2.05, 4.69) is 29.1 Å². The monoisotopic (exact) mass is 747 g/mol. The molecule has 0 atom stereocenters. The molecule has 1 aliphatic rings. The van der Waals surface area contributed by atoms with Crippen LogP contribution in [0.2, 0.25) is 0 Å². The average Bonchev–Trinajstić information content (AvgIpc) is 3.63. The lowest BCUT2D eigenvalue weighted by atomic mass is 10.0. The van der Waals surface area contributed by atoms with Crippen LogP contribution in [-0.4, -0.2) is 66.1 Å². The molecule has 0 N–H and O–H groups in total.